The first-order valence-electron chi connectivity index (χ1n) is 11.9. The summed E-state index contributed by atoms with van der Waals surface area (Å²) in [5.41, 5.74) is 4.34. The van der Waals surface area contributed by atoms with Gasteiger partial charge in [-0.05, 0) is 74.0 Å². The highest BCUT2D eigenvalue weighted by Gasteiger charge is 2.17. The van der Waals surface area contributed by atoms with Crippen LogP contribution < -0.4 is 9.47 Å². The minimum atomic E-state index is 0.634. The molecule has 0 aliphatic rings. The van der Waals surface area contributed by atoms with Gasteiger partial charge in [-0.1, -0.05) is 65.9 Å². The second-order valence-electron chi connectivity index (χ2n) is 8.29. The van der Waals surface area contributed by atoms with Gasteiger partial charge in [-0.3, -0.25) is 4.57 Å². The maximum absolute atomic E-state index is 6.01. The van der Waals surface area contributed by atoms with E-state index in [0.717, 1.165) is 50.8 Å². The lowest BCUT2D eigenvalue weighted by Gasteiger charge is -2.12. The summed E-state index contributed by atoms with van der Waals surface area (Å²) in [6.45, 7) is 4.70. The molecule has 4 aromatic carbocycles. The largest absolute Gasteiger partial charge is 0.494 e. The summed E-state index contributed by atoms with van der Waals surface area (Å²) in [6, 6.07) is 34.4. The third-order valence-electron chi connectivity index (χ3n) is 5.56. The third-order valence-corrected chi connectivity index (χ3v) is 6.56. The molecule has 0 bridgehead atoms. The first-order valence-corrected chi connectivity index (χ1v) is 12.9. The number of hydrogen-bond donors (Lipinski definition) is 0. The smallest absolute Gasteiger partial charge is 0.196 e. The van der Waals surface area contributed by atoms with E-state index in [2.05, 4.69) is 52.0 Å². The van der Waals surface area contributed by atoms with Crippen LogP contribution in [-0.4, -0.2) is 21.4 Å². The zero-order chi connectivity index (χ0) is 24.7. The van der Waals surface area contributed by atoms with Crippen molar-refractivity contribution in [2.75, 3.05) is 6.61 Å². The number of rotatable bonds is 9. The Kier molecular flexibility index (Phi) is 7.33. The number of benzene rings is 4. The number of para-hydroxylation sites is 1. The molecule has 36 heavy (non-hydrogen) atoms. The maximum atomic E-state index is 6.01. The average Bonchev–Trinajstić information content (AvgIpc) is 3.33. The number of aromatic nitrogens is 3. The second kappa shape index (κ2) is 11.1. The topological polar surface area (TPSA) is 49.2 Å². The van der Waals surface area contributed by atoms with E-state index in [-0.39, 0.29) is 0 Å². The van der Waals surface area contributed by atoms with Crippen LogP contribution in [0.2, 0.25) is 0 Å². The molecular weight excluding hydrogens is 466 g/mol. The van der Waals surface area contributed by atoms with E-state index in [1.54, 1.807) is 11.8 Å². The van der Waals surface area contributed by atoms with Crippen LogP contribution in [0.1, 0.15) is 18.1 Å². The second-order valence-corrected chi connectivity index (χ2v) is 9.23. The van der Waals surface area contributed by atoms with Crippen LogP contribution in [0.4, 0.5) is 0 Å². The minimum absolute atomic E-state index is 0.634. The van der Waals surface area contributed by atoms with E-state index < -0.39 is 0 Å². The van der Waals surface area contributed by atoms with Crippen molar-refractivity contribution in [1.29, 1.82) is 0 Å². The Balaban J connectivity index is 1.43. The van der Waals surface area contributed by atoms with Crippen LogP contribution >= 0.6 is 11.8 Å². The lowest BCUT2D eigenvalue weighted by Crippen LogP contribution is -2.00. The molecule has 0 aliphatic carbocycles. The van der Waals surface area contributed by atoms with Gasteiger partial charge in [-0.2, -0.15) is 0 Å². The number of hydrogen-bond acceptors (Lipinski definition) is 5. The zero-order valence-corrected chi connectivity index (χ0v) is 21.1. The third kappa shape index (κ3) is 5.61. The number of aryl methyl sites for hydroxylation is 1. The van der Waals surface area contributed by atoms with Gasteiger partial charge in [0.15, 0.2) is 11.0 Å². The van der Waals surface area contributed by atoms with E-state index in [9.17, 15) is 0 Å². The SMILES string of the molecule is CCOc1ccc(-n2c(SCc3cccc(Oc4ccccc4)c3)nnc2-c2cccc(C)c2)cc1. The Labute approximate surface area is 215 Å². The van der Waals surface area contributed by atoms with Gasteiger partial charge in [0.25, 0.3) is 0 Å². The summed E-state index contributed by atoms with van der Waals surface area (Å²) in [4.78, 5) is 0. The van der Waals surface area contributed by atoms with E-state index in [1.165, 1.54) is 5.56 Å². The van der Waals surface area contributed by atoms with Crippen molar-refractivity contribution in [2.24, 2.45) is 0 Å². The highest BCUT2D eigenvalue weighted by atomic mass is 32.2. The predicted molar refractivity (Wildman–Crippen MR) is 145 cm³/mol. The van der Waals surface area contributed by atoms with E-state index in [4.69, 9.17) is 9.47 Å². The van der Waals surface area contributed by atoms with Crippen LogP contribution in [0.25, 0.3) is 17.1 Å². The van der Waals surface area contributed by atoms with Gasteiger partial charge in [0.1, 0.15) is 17.2 Å². The molecule has 0 radical (unpaired) electrons. The molecule has 0 saturated heterocycles. The molecule has 180 valence electrons. The Morgan fingerprint density at radius 1 is 0.750 bits per heavy atom. The molecule has 0 fully saturated rings. The summed E-state index contributed by atoms with van der Waals surface area (Å²) in [7, 11) is 0. The molecule has 5 aromatic rings. The molecule has 0 unspecified atom stereocenters. The lowest BCUT2D eigenvalue weighted by molar-refractivity contribution is 0.340. The van der Waals surface area contributed by atoms with Crippen molar-refractivity contribution in [2.45, 2.75) is 24.8 Å². The van der Waals surface area contributed by atoms with Gasteiger partial charge in [0.05, 0.1) is 6.61 Å². The summed E-state index contributed by atoms with van der Waals surface area (Å²) in [5, 5.41) is 9.98. The first kappa shape index (κ1) is 23.7. The van der Waals surface area contributed by atoms with E-state index in [1.807, 2.05) is 79.7 Å². The fourth-order valence-corrected chi connectivity index (χ4v) is 4.79. The molecule has 0 saturated carbocycles. The number of ether oxygens (including phenoxy) is 2. The molecule has 5 nitrogen and oxygen atoms in total. The minimum Gasteiger partial charge on any atom is -0.494 e. The van der Waals surface area contributed by atoms with Crippen molar-refractivity contribution in [3.63, 3.8) is 0 Å². The van der Waals surface area contributed by atoms with Crippen LogP contribution in [0.3, 0.4) is 0 Å². The summed E-state index contributed by atoms with van der Waals surface area (Å²) < 4.78 is 13.8. The molecule has 1 aromatic heterocycles. The lowest BCUT2D eigenvalue weighted by atomic mass is 10.1. The van der Waals surface area contributed by atoms with Crippen LogP contribution in [0.5, 0.6) is 17.2 Å². The first-order chi connectivity index (χ1) is 17.7. The summed E-state index contributed by atoms with van der Waals surface area (Å²) in [5.74, 6) is 4.02. The van der Waals surface area contributed by atoms with Crippen molar-refractivity contribution in [3.8, 4) is 34.3 Å². The molecular formula is C30H27N3O2S. The van der Waals surface area contributed by atoms with Crippen molar-refractivity contribution >= 4 is 11.8 Å². The fourth-order valence-electron chi connectivity index (χ4n) is 3.90. The highest BCUT2D eigenvalue weighted by Crippen LogP contribution is 2.32. The average molecular weight is 494 g/mol. The van der Waals surface area contributed by atoms with Gasteiger partial charge < -0.3 is 9.47 Å². The Hall–Kier alpha value is -4.03. The van der Waals surface area contributed by atoms with Crippen LogP contribution in [0, 0.1) is 6.92 Å². The molecule has 0 aliphatic heterocycles. The quantitative estimate of drug-likeness (QED) is 0.197. The normalized spacial score (nSPS) is 10.8. The molecule has 0 N–H and O–H groups in total. The number of nitrogens with zero attached hydrogens (tertiary/aromatic N) is 3. The highest BCUT2D eigenvalue weighted by molar-refractivity contribution is 7.98. The molecule has 0 atom stereocenters. The molecule has 6 heteroatoms. The summed E-state index contributed by atoms with van der Waals surface area (Å²) in [6.07, 6.45) is 0. The molecule has 0 spiro atoms. The fraction of sp³-hybridized carbons (Fsp3) is 0.133. The van der Waals surface area contributed by atoms with Gasteiger partial charge in [0.2, 0.25) is 0 Å². The van der Waals surface area contributed by atoms with E-state index in [0.29, 0.717) is 6.61 Å². The van der Waals surface area contributed by atoms with Gasteiger partial charge in [-0.25, -0.2) is 0 Å². The van der Waals surface area contributed by atoms with Gasteiger partial charge in [-0.15, -0.1) is 10.2 Å². The molecule has 1 heterocycles. The van der Waals surface area contributed by atoms with Crippen molar-refractivity contribution in [1.82, 2.24) is 14.8 Å². The summed E-state index contributed by atoms with van der Waals surface area (Å²) >= 11 is 1.65. The Morgan fingerprint density at radius 3 is 2.31 bits per heavy atom. The van der Waals surface area contributed by atoms with Crippen LogP contribution in [0.15, 0.2) is 108 Å². The van der Waals surface area contributed by atoms with Gasteiger partial charge >= 0.3 is 0 Å². The number of thioether (sulfide) groups is 1. The molecule has 0 amide bonds. The maximum Gasteiger partial charge on any atom is 0.196 e. The zero-order valence-electron chi connectivity index (χ0n) is 20.3. The Morgan fingerprint density at radius 2 is 1.53 bits per heavy atom. The predicted octanol–water partition coefficient (Wildman–Crippen LogP) is 7.73. The van der Waals surface area contributed by atoms with Crippen LogP contribution in [-0.2, 0) is 5.75 Å². The van der Waals surface area contributed by atoms with Crippen molar-refractivity contribution in [3.05, 3.63) is 114 Å². The Bertz CT molecular complexity index is 1430. The van der Waals surface area contributed by atoms with E-state index >= 15 is 0 Å². The standard InChI is InChI=1S/C30H27N3O2S/c1-3-34-26-17-15-25(16-18-26)33-29(24-11-7-9-22(2)19-24)31-32-30(33)36-21-23-10-8-14-28(20-23)35-27-12-5-4-6-13-27/h4-20H,3,21H2,1-2H3. The van der Waals surface area contributed by atoms with Crippen molar-refractivity contribution < 1.29 is 9.47 Å². The molecule has 5 rings (SSSR count). The van der Waals surface area contributed by atoms with Gasteiger partial charge in [0, 0.05) is 17.0 Å². The monoisotopic (exact) mass is 493 g/mol.